The minimum atomic E-state index is 1.12. The molecule has 0 spiro atoms. The number of anilines is 1. The molecule has 0 aliphatic carbocycles. The molecule has 0 N–H and O–H groups in total. The zero-order valence-corrected chi connectivity index (χ0v) is 13.9. The van der Waals surface area contributed by atoms with Crippen LogP contribution in [-0.4, -0.2) is 18.1 Å². The molecule has 24 heavy (non-hydrogen) atoms. The number of piperidine rings is 1. The summed E-state index contributed by atoms with van der Waals surface area (Å²) in [5.41, 5.74) is 2.45. The lowest BCUT2D eigenvalue weighted by Crippen LogP contribution is -2.30. The highest BCUT2D eigenvalue weighted by atomic mass is 15.2. The molecule has 1 fully saturated rings. The first-order chi connectivity index (χ1) is 11.9. The molecule has 0 saturated carbocycles. The number of benzene rings is 2. The fourth-order valence-electron chi connectivity index (χ4n) is 3.48. The number of pyridine rings is 1. The van der Waals surface area contributed by atoms with Crippen LogP contribution in [0.2, 0.25) is 0 Å². The first kappa shape index (κ1) is 14.9. The van der Waals surface area contributed by atoms with Gasteiger partial charge < -0.3 is 4.90 Å². The van der Waals surface area contributed by atoms with Crippen LogP contribution >= 0.6 is 0 Å². The molecule has 1 saturated heterocycles. The third-order valence-corrected chi connectivity index (χ3v) is 4.74. The topological polar surface area (TPSA) is 16.1 Å². The fourth-order valence-corrected chi connectivity index (χ4v) is 3.48. The van der Waals surface area contributed by atoms with Crippen molar-refractivity contribution in [1.29, 1.82) is 0 Å². The smallest absolute Gasteiger partial charge is 0.135 e. The third-order valence-electron chi connectivity index (χ3n) is 4.74. The van der Waals surface area contributed by atoms with Crippen molar-refractivity contribution in [3.05, 3.63) is 71.9 Å². The second-order valence-corrected chi connectivity index (χ2v) is 6.37. The zero-order valence-electron chi connectivity index (χ0n) is 13.9. The Morgan fingerprint density at radius 2 is 1.50 bits per heavy atom. The molecule has 4 rings (SSSR count). The van der Waals surface area contributed by atoms with E-state index in [2.05, 4.69) is 70.6 Å². The number of aromatic nitrogens is 1. The highest BCUT2D eigenvalue weighted by molar-refractivity contribution is 5.93. The molecule has 3 aromatic rings. The van der Waals surface area contributed by atoms with Gasteiger partial charge in [0.2, 0.25) is 0 Å². The van der Waals surface area contributed by atoms with Crippen molar-refractivity contribution in [1.82, 2.24) is 4.98 Å². The molecule has 2 heteroatoms. The molecular formula is C22H22N2. The van der Waals surface area contributed by atoms with Crippen LogP contribution < -0.4 is 4.90 Å². The largest absolute Gasteiger partial charge is 0.356 e. The Kier molecular flexibility index (Phi) is 4.28. The lowest BCUT2D eigenvalue weighted by molar-refractivity contribution is 0.573. The van der Waals surface area contributed by atoms with Gasteiger partial charge in [-0.15, -0.1) is 0 Å². The van der Waals surface area contributed by atoms with E-state index >= 15 is 0 Å². The maximum Gasteiger partial charge on any atom is 0.135 e. The SMILES string of the molecule is C(=C\c1cccc2ccccc12)/c1cccnc1N1CCCCC1. The molecule has 1 aliphatic rings. The van der Waals surface area contributed by atoms with Crippen molar-refractivity contribution >= 4 is 28.7 Å². The Bertz CT molecular complexity index is 855. The lowest BCUT2D eigenvalue weighted by atomic mass is 10.0. The van der Waals surface area contributed by atoms with Gasteiger partial charge in [-0.2, -0.15) is 0 Å². The van der Waals surface area contributed by atoms with Gasteiger partial charge in [0.25, 0.3) is 0 Å². The van der Waals surface area contributed by atoms with E-state index in [9.17, 15) is 0 Å². The Hall–Kier alpha value is -2.61. The molecule has 0 radical (unpaired) electrons. The quantitative estimate of drug-likeness (QED) is 0.644. The van der Waals surface area contributed by atoms with Crippen LogP contribution in [0.5, 0.6) is 0 Å². The molecule has 2 heterocycles. The summed E-state index contributed by atoms with van der Waals surface area (Å²) < 4.78 is 0. The van der Waals surface area contributed by atoms with E-state index in [1.54, 1.807) is 0 Å². The molecule has 0 unspecified atom stereocenters. The van der Waals surface area contributed by atoms with Gasteiger partial charge in [0.05, 0.1) is 0 Å². The summed E-state index contributed by atoms with van der Waals surface area (Å²) in [5.74, 6) is 1.12. The molecule has 1 aliphatic heterocycles. The molecule has 120 valence electrons. The molecular weight excluding hydrogens is 292 g/mol. The van der Waals surface area contributed by atoms with E-state index in [-0.39, 0.29) is 0 Å². The molecule has 0 amide bonds. The summed E-state index contributed by atoms with van der Waals surface area (Å²) in [6.07, 6.45) is 10.2. The van der Waals surface area contributed by atoms with Gasteiger partial charge >= 0.3 is 0 Å². The van der Waals surface area contributed by atoms with Crippen LogP contribution in [0.3, 0.4) is 0 Å². The normalized spacial score (nSPS) is 15.2. The average Bonchev–Trinajstić information content (AvgIpc) is 2.67. The van der Waals surface area contributed by atoms with Crippen molar-refractivity contribution in [2.24, 2.45) is 0 Å². The number of fused-ring (bicyclic) bond motifs is 1. The van der Waals surface area contributed by atoms with Crippen molar-refractivity contribution in [3.8, 4) is 0 Å². The van der Waals surface area contributed by atoms with Crippen molar-refractivity contribution in [3.63, 3.8) is 0 Å². The van der Waals surface area contributed by atoms with Crippen LogP contribution in [0, 0.1) is 0 Å². The number of rotatable bonds is 3. The summed E-state index contributed by atoms with van der Waals surface area (Å²) in [7, 11) is 0. The minimum Gasteiger partial charge on any atom is -0.356 e. The molecule has 0 bridgehead atoms. The Labute approximate surface area is 143 Å². The van der Waals surface area contributed by atoms with Crippen LogP contribution in [0.15, 0.2) is 60.8 Å². The van der Waals surface area contributed by atoms with Crippen LogP contribution in [-0.2, 0) is 0 Å². The van der Waals surface area contributed by atoms with Gasteiger partial charge in [-0.3, -0.25) is 0 Å². The zero-order chi connectivity index (χ0) is 16.2. The van der Waals surface area contributed by atoms with Gasteiger partial charge in [0.1, 0.15) is 5.82 Å². The Morgan fingerprint density at radius 3 is 2.42 bits per heavy atom. The van der Waals surface area contributed by atoms with E-state index in [4.69, 9.17) is 0 Å². The summed E-state index contributed by atoms with van der Waals surface area (Å²) >= 11 is 0. The van der Waals surface area contributed by atoms with E-state index < -0.39 is 0 Å². The maximum atomic E-state index is 4.65. The average molecular weight is 314 g/mol. The Morgan fingerprint density at radius 1 is 0.750 bits per heavy atom. The maximum absolute atomic E-state index is 4.65. The summed E-state index contributed by atoms with van der Waals surface area (Å²) in [6.45, 7) is 2.23. The monoisotopic (exact) mass is 314 g/mol. The minimum absolute atomic E-state index is 1.12. The first-order valence-corrected chi connectivity index (χ1v) is 8.78. The number of nitrogens with zero attached hydrogens (tertiary/aromatic N) is 2. The fraction of sp³-hybridized carbons (Fsp3) is 0.227. The van der Waals surface area contributed by atoms with Gasteiger partial charge in [-0.05, 0) is 47.7 Å². The molecule has 1 aromatic heterocycles. The highest BCUT2D eigenvalue weighted by Gasteiger charge is 2.14. The highest BCUT2D eigenvalue weighted by Crippen LogP contribution is 2.25. The third kappa shape index (κ3) is 3.05. The first-order valence-electron chi connectivity index (χ1n) is 8.78. The van der Waals surface area contributed by atoms with Gasteiger partial charge in [-0.1, -0.05) is 54.6 Å². The van der Waals surface area contributed by atoms with Gasteiger partial charge in [0, 0.05) is 24.8 Å². The second-order valence-electron chi connectivity index (χ2n) is 6.37. The van der Waals surface area contributed by atoms with E-state index in [1.807, 2.05) is 12.3 Å². The summed E-state index contributed by atoms with van der Waals surface area (Å²) in [5, 5.41) is 2.57. The predicted octanol–water partition coefficient (Wildman–Crippen LogP) is 5.40. The predicted molar refractivity (Wildman–Crippen MR) is 103 cm³/mol. The second kappa shape index (κ2) is 6.88. The molecule has 0 atom stereocenters. The van der Waals surface area contributed by atoms with Crippen molar-refractivity contribution < 1.29 is 0 Å². The Balaban J connectivity index is 1.68. The molecule has 2 aromatic carbocycles. The van der Waals surface area contributed by atoms with Crippen molar-refractivity contribution in [2.75, 3.05) is 18.0 Å². The number of hydrogen-bond donors (Lipinski definition) is 0. The van der Waals surface area contributed by atoms with E-state index in [0.717, 1.165) is 18.9 Å². The lowest BCUT2D eigenvalue weighted by Gasteiger charge is -2.28. The summed E-state index contributed by atoms with van der Waals surface area (Å²) in [6, 6.07) is 19.2. The standard InChI is InChI=1S/C22H22N2/c1-4-16-24(17-5-1)22-20(11-7-15-23-22)14-13-19-10-6-9-18-8-2-3-12-21(18)19/h2-3,6-15H,1,4-5,16-17H2/b14-13+. The van der Waals surface area contributed by atoms with Gasteiger partial charge in [0.15, 0.2) is 0 Å². The van der Waals surface area contributed by atoms with Crippen LogP contribution in [0.25, 0.3) is 22.9 Å². The van der Waals surface area contributed by atoms with E-state index in [0.29, 0.717) is 0 Å². The van der Waals surface area contributed by atoms with Crippen molar-refractivity contribution in [2.45, 2.75) is 19.3 Å². The van der Waals surface area contributed by atoms with E-state index in [1.165, 1.54) is 41.2 Å². The summed E-state index contributed by atoms with van der Waals surface area (Å²) in [4.78, 5) is 7.07. The van der Waals surface area contributed by atoms with Crippen LogP contribution in [0.4, 0.5) is 5.82 Å². The van der Waals surface area contributed by atoms with Crippen LogP contribution in [0.1, 0.15) is 30.4 Å². The molecule has 2 nitrogen and oxygen atoms in total. The van der Waals surface area contributed by atoms with Gasteiger partial charge in [-0.25, -0.2) is 4.98 Å². The number of hydrogen-bond acceptors (Lipinski definition) is 2.